The van der Waals surface area contributed by atoms with E-state index in [1.165, 1.54) is 38.1 Å². The van der Waals surface area contributed by atoms with Gasteiger partial charge in [0.2, 0.25) is 0 Å². The molecule has 1 aliphatic heterocycles. The van der Waals surface area contributed by atoms with E-state index in [1.54, 1.807) is 0 Å². The zero-order chi connectivity index (χ0) is 37.9. The maximum Gasteiger partial charge on any atom is 0.160 e. The maximum absolute atomic E-state index is 5.55. The number of aromatic nitrogens is 2. The number of para-hydroxylation sites is 4. The Balaban J connectivity index is 1.20. The molecule has 4 nitrogen and oxygen atoms in total. The second-order valence-electron chi connectivity index (χ2n) is 14.9. The van der Waals surface area contributed by atoms with Crippen LogP contribution < -0.4 is 0 Å². The summed E-state index contributed by atoms with van der Waals surface area (Å²) in [5.74, 6) is 0.649. The summed E-state index contributed by atoms with van der Waals surface area (Å²) in [6.45, 7) is 4.75. The van der Waals surface area contributed by atoms with Gasteiger partial charge >= 0.3 is 0 Å². The lowest BCUT2D eigenvalue weighted by Crippen LogP contribution is -2.08. The van der Waals surface area contributed by atoms with Crippen molar-refractivity contribution in [2.24, 2.45) is 9.98 Å². The Bertz CT molecular complexity index is 3270. The van der Waals surface area contributed by atoms with Gasteiger partial charge in [0.05, 0.1) is 39.2 Å². The average molecular weight is 731 g/mol. The number of hydrogen-bond acceptors (Lipinski definition) is 2. The molecule has 0 saturated heterocycles. The quantitative estimate of drug-likeness (QED) is 0.173. The molecule has 0 saturated carbocycles. The molecule has 1 aliphatic rings. The summed E-state index contributed by atoms with van der Waals surface area (Å²) >= 11 is 0. The normalized spacial score (nSPS) is 13.6. The smallest absolute Gasteiger partial charge is 0.160 e. The Kier molecular flexibility index (Phi) is 7.82. The molecule has 3 heterocycles. The molecule has 11 rings (SSSR count). The highest BCUT2D eigenvalue weighted by molar-refractivity contribution is 6.18. The first kappa shape index (κ1) is 33.1. The summed E-state index contributed by atoms with van der Waals surface area (Å²) in [7, 11) is 0. The third-order valence-electron chi connectivity index (χ3n) is 11.6. The second-order valence-corrected chi connectivity index (χ2v) is 14.9. The van der Waals surface area contributed by atoms with Gasteiger partial charge < -0.3 is 9.13 Å². The van der Waals surface area contributed by atoms with E-state index < -0.39 is 0 Å². The molecule has 0 amide bonds. The molecule has 0 fully saturated rings. The molecule has 4 heteroatoms. The van der Waals surface area contributed by atoms with Crippen LogP contribution in [0.1, 0.15) is 35.1 Å². The zero-order valence-corrected chi connectivity index (χ0v) is 31.4. The van der Waals surface area contributed by atoms with Gasteiger partial charge in [-0.05, 0) is 78.2 Å². The Labute approximate surface area is 331 Å². The summed E-state index contributed by atoms with van der Waals surface area (Å²) < 4.78 is 4.83. The van der Waals surface area contributed by atoms with E-state index in [0.717, 1.165) is 74.8 Å². The van der Waals surface area contributed by atoms with Crippen LogP contribution in [0, 0.1) is 0 Å². The van der Waals surface area contributed by atoms with Crippen LogP contribution in [0.4, 0.5) is 0 Å². The van der Waals surface area contributed by atoms with Crippen molar-refractivity contribution in [3.63, 3.8) is 0 Å². The predicted octanol–water partition coefficient (Wildman–Crippen LogP) is 13.3. The van der Waals surface area contributed by atoms with Crippen LogP contribution in [0.25, 0.3) is 71.5 Å². The van der Waals surface area contributed by atoms with Gasteiger partial charge in [0.1, 0.15) is 0 Å². The van der Waals surface area contributed by atoms with E-state index in [2.05, 4.69) is 191 Å². The molecular weight excluding hydrogens is 693 g/mol. The van der Waals surface area contributed by atoms with Crippen molar-refractivity contribution in [2.45, 2.75) is 19.3 Å². The summed E-state index contributed by atoms with van der Waals surface area (Å²) in [5, 5.41) is 7.17. The fourth-order valence-electron chi connectivity index (χ4n) is 9.03. The molecule has 0 bridgehead atoms. The first-order valence-electron chi connectivity index (χ1n) is 19.7. The van der Waals surface area contributed by atoms with E-state index in [1.807, 2.05) is 0 Å². The highest BCUT2D eigenvalue weighted by Crippen LogP contribution is 2.41. The van der Waals surface area contributed by atoms with Gasteiger partial charge in [-0.3, -0.25) is 0 Å². The number of hydrogen-bond donors (Lipinski definition) is 0. The number of fused-ring (bicyclic) bond motifs is 10. The predicted molar refractivity (Wildman–Crippen MR) is 241 cm³/mol. The molecular formula is C53H38N4. The molecule has 270 valence electrons. The van der Waals surface area contributed by atoms with Gasteiger partial charge in [-0.15, -0.1) is 0 Å². The summed E-state index contributed by atoms with van der Waals surface area (Å²) in [6, 6.07) is 65.2. The molecule has 0 N–H and O–H groups in total. The van der Waals surface area contributed by atoms with Crippen molar-refractivity contribution in [1.82, 2.24) is 9.13 Å². The molecule has 57 heavy (non-hydrogen) atoms. The minimum Gasteiger partial charge on any atom is -0.309 e. The monoisotopic (exact) mass is 730 g/mol. The highest BCUT2D eigenvalue weighted by Gasteiger charge is 2.22. The summed E-state index contributed by atoms with van der Waals surface area (Å²) in [6.07, 6.45) is 2.62. The van der Waals surface area contributed by atoms with Crippen LogP contribution in [-0.4, -0.2) is 20.7 Å². The van der Waals surface area contributed by atoms with E-state index in [9.17, 15) is 0 Å². The number of aryl methyl sites for hydroxylation is 1. The maximum atomic E-state index is 5.55. The number of benzene rings is 8. The average Bonchev–Trinajstić information content (AvgIpc) is 3.79. The van der Waals surface area contributed by atoms with Crippen LogP contribution in [-0.2, 0) is 6.42 Å². The molecule has 0 aliphatic carbocycles. The van der Waals surface area contributed by atoms with Crippen LogP contribution >= 0.6 is 0 Å². The fraction of sp³-hybridized carbons (Fsp3) is 0.0566. The van der Waals surface area contributed by atoms with Crippen LogP contribution in [0.2, 0.25) is 0 Å². The highest BCUT2D eigenvalue weighted by atomic mass is 15.0. The Morgan fingerprint density at radius 1 is 0.456 bits per heavy atom. The van der Waals surface area contributed by atoms with Crippen molar-refractivity contribution in [2.75, 3.05) is 0 Å². The van der Waals surface area contributed by atoms with Crippen molar-refractivity contribution < 1.29 is 0 Å². The topological polar surface area (TPSA) is 34.6 Å². The van der Waals surface area contributed by atoms with Gasteiger partial charge in [0.15, 0.2) is 5.84 Å². The van der Waals surface area contributed by atoms with Crippen LogP contribution in [0.15, 0.2) is 199 Å². The standard InChI is InChI=1S/C53H38N4/c1-35-41-32-30-36-16-8-9-23-42(36)52(41)57-49-29-13-10-24-43(49)45-26-14-19-38(51(45)57)20-15-27-47(37-17-4-2-5-18-37)55-53(54-35)39-31-33-50-46(34-39)44-25-11-12-28-48(44)56(50)40-21-6-3-7-22-40/h2-14,16-19,21-26,28-34H,1,15,20,27H2. The molecule has 2 aromatic heterocycles. The summed E-state index contributed by atoms with van der Waals surface area (Å²) in [4.78, 5) is 11.0. The van der Waals surface area contributed by atoms with Gasteiger partial charge in [-0.2, -0.15) is 0 Å². The van der Waals surface area contributed by atoms with Gasteiger partial charge in [-0.25, -0.2) is 9.98 Å². The Hall–Kier alpha value is -7.30. The largest absolute Gasteiger partial charge is 0.309 e. The van der Waals surface area contributed by atoms with Crippen molar-refractivity contribution in [3.05, 3.63) is 211 Å². The van der Waals surface area contributed by atoms with Gasteiger partial charge in [0.25, 0.3) is 0 Å². The first-order chi connectivity index (χ1) is 28.2. The molecule has 10 aromatic rings. The minimum atomic E-state index is 0.649. The molecule has 8 aromatic carbocycles. The molecule has 0 spiro atoms. The third kappa shape index (κ3) is 5.44. The SMILES string of the molecule is C=C1N=C(c2ccc3c(c2)c2ccccc2n3-c2ccccc2)N=C(c2ccccc2)CCCc2cccc3c4ccccc4n(c23)-c2c1ccc1ccccc21. The zero-order valence-electron chi connectivity index (χ0n) is 31.4. The van der Waals surface area contributed by atoms with Crippen LogP contribution in [0.5, 0.6) is 0 Å². The van der Waals surface area contributed by atoms with E-state index in [4.69, 9.17) is 16.6 Å². The van der Waals surface area contributed by atoms with Crippen molar-refractivity contribution in [3.8, 4) is 11.4 Å². The van der Waals surface area contributed by atoms with Gasteiger partial charge in [-0.1, -0.05) is 146 Å². The summed E-state index contributed by atoms with van der Waals surface area (Å²) in [5.41, 5.74) is 13.0. The number of aliphatic imine (C=N–C) groups is 2. The molecule has 0 atom stereocenters. The lowest BCUT2D eigenvalue weighted by molar-refractivity contribution is 0.868. The van der Waals surface area contributed by atoms with E-state index in [-0.39, 0.29) is 0 Å². The van der Waals surface area contributed by atoms with Crippen LogP contribution in [0.3, 0.4) is 0 Å². The van der Waals surface area contributed by atoms with E-state index in [0.29, 0.717) is 11.5 Å². The Morgan fingerprint density at radius 2 is 1.11 bits per heavy atom. The molecule has 0 radical (unpaired) electrons. The van der Waals surface area contributed by atoms with Crippen molar-refractivity contribution in [1.29, 1.82) is 0 Å². The number of amidine groups is 1. The third-order valence-corrected chi connectivity index (χ3v) is 11.6. The van der Waals surface area contributed by atoms with E-state index >= 15 is 0 Å². The second kappa shape index (κ2) is 13.5. The lowest BCUT2D eigenvalue weighted by atomic mass is 9.99. The fourth-order valence-corrected chi connectivity index (χ4v) is 9.03. The number of rotatable bonds is 3. The lowest BCUT2D eigenvalue weighted by Gasteiger charge is -2.18. The van der Waals surface area contributed by atoms with Crippen molar-refractivity contribution >= 4 is 71.6 Å². The molecule has 0 unspecified atom stereocenters. The Morgan fingerprint density at radius 3 is 1.91 bits per heavy atom. The number of nitrogens with zero attached hydrogens (tertiary/aromatic N) is 4. The van der Waals surface area contributed by atoms with Gasteiger partial charge in [0, 0.05) is 43.7 Å². The minimum absolute atomic E-state index is 0.649. The first-order valence-corrected chi connectivity index (χ1v) is 19.7.